The van der Waals surface area contributed by atoms with E-state index in [2.05, 4.69) is 25.5 Å². The third kappa shape index (κ3) is 3.29. The summed E-state index contributed by atoms with van der Waals surface area (Å²) in [5.41, 5.74) is 2.61. The molecule has 9 heteroatoms. The second kappa shape index (κ2) is 6.79. The number of hydrogen-bond donors (Lipinski definition) is 2. The summed E-state index contributed by atoms with van der Waals surface area (Å²) in [5.74, 6) is 2.39. The third-order valence-corrected chi connectivity index (χ3v) is 4.54. The molecule has 0 unspecified atom stereocenters. The van der Waals surface area contributed by atoms with Crippen molar-refractivity contribution in [2.75, 3.05) is 5.32 Å². The number of nitrogens with zero attached hydrogens (tertiary/aromatic N) is 5. The molecule has 1 aromatic carbocycles. The Morgan fingerprint density at radius 2 is 2.00 bits per heavy atom. The SMILES string of the molecule is Cn1nccc1NC(=O)Cn1cc(-c2ccc(-c3nc4ccccc4[nH]3)o2)cn1. The Morgan fingerprint density at radius 3 is 2.83 bits per heavy atom. The second-order valence-corrected chi connectivity index (χ2v) is 6.58. The Bertz CT molecular complexity index is 1270. The molecule has 0 atom stereocenters. The lowest BCUT2D eigenvalue weighted by Gasteiger charge is -2.05. The minimum atomic E-state index is -0.189. The number of para-hydroxylation sites is 2. The van der Waals surface area contributed by atoms with E-state index in [1.165, 1.54) is 0 Å². The van der Waals surface area contributed by atoms with Crippen LogP contribution in [-0.2, 0) is 18.4 Å². The molecule has 0 saturated carbocycles. The molecule has 0 spiro atoms. The molecule has 0 fully saturated rings. The van der Waals surface area contributed by atoms with Gasteiger partial charge in [-0.2, -0.15) is 10.2 Å². The normalized spacial score (nSPS) is 11.2. The summed E-state index contributed by atoms with van der Waals surface area (Å²) in [4.78, 5) is 20.0. The second-order valence-electron chi connectivity index (χ2n) is 6.58. The van der Waals surface area contributed by atoms with Crippen LogP contribution in [0.3, 0.4) is 0 Å². The number of hydrogen-bond acceptors (Lipinski definition) is 5. The topological polar surface area (TPSA) is 107 Å². The van der Waals surface area contributed by atoms with Gasteiger partial charge in [-0.1, -0.05) is 12.1 Å². The van der Waals surface area contributed by atoms with Crippen LogP contribution in [0.25, 0.3) is 33.9 Å². The summed E-state index contributed by atoms with van der Waals surface area (Å²) < 4.78 is 9.10. The number of aromatic nitrogens is 6. The van der Waals surface area contributed by atoms with Gasteiger partial charge in [0.2, 0.25) is 5.91 Å². The van der Waals surface area contributed by atoms with Crippen LogP contribution in [0.15, 0.2) is 65.5 Å². The van der Waals surface area contributed by atoms with Gasteiger partial charge in [0.1, 0.15) is 18.1 Å². The van der Waals surface area contributed by atoms with Crippen molar-refractivity contribution in [1.29, 1.82) is 0 Å². The highest BCUT2D eigenvalue weighted by molar-refractivity contribution is 5.89. The van der Waals surface area contributed by atoms with E-state index in [-0.39, 0.29) is 12.5 Å². The molecule has 5 rings (SSSR count). The highest BCUT2D eigenvalue weighted by atomic mass is 16.3. The fourth-order valence-corrected chi connectivity index (χ4v) is 3.09. The van der Waals surface area contributed by atoms with Gasteiger partial charge >= 0.3 is 0 Å². The number of aromatic amines is 1. The molecule has 0 aliphatic carbocycles. The largest absolute Gasteiger partial charge is 0.453 e. The lowest BCUT2D eigenvalue weighted by molar-refractivity contribution is -0.116. The Kier molecular flexibility index (Phi) is 3.98. The van der Waals surface area contributed by atoms with Gasteiger partial charge in [-0.05, 0) is 24.3 Å². The van der Waals surface area contributed by atoms with Gasteiger partial charge in [0.05, 0.1) is 29.0 Å². The lowest BCUT2D eigenvalue weighted by Crippen LogP contribution is -2.20. The number of imidazole rings is 1. The van der Waals surface area contributed by atoms with Crippen molar-refractivity contribution in [2.45, 2.75) is 6.54 Å². The van der Waals surface area contributed by atoms with Crippen LogP contribution in [0, 0.1) is 0 Å². The van der Waals surface area contributed by atoms with Crippen molar-refractivity contribution in [2.24, 2.45) is 7.05 Å². The van der Waals surface area contributed by atoms with Crippen molar-refractivity contribution in [1.82, 2.24) is 29.5 Å². The molecule has 1 amide bonds. The average Bonchev–Trinajstić information content (AvgIpc) is 3.48. The number of carbonyl (C=O) groups excluding carboxylic acids is 1. The molecule has 2 N–H and O–H groups in total. The van der Waals surface area contributed by atoms with Gasteiger partial charge in [0.15, 0.2) is 11.6 Å². The van der Waals surface area contributed by atoms with Crippen LogP contribution >= 0.6 is 0 Å². The van der Waals surface area contributed by atoms with E-state index in [9.17, 15) is 4.79 Å². The Hall–Kier alpha value is -4.14. The number of amides is 1. The van der Waals surface area contributed by atoms with Crippen LogP contribution in [0.5, 0.6) is 0 Å². The molecule has 0 bridgehead atoms. The number of H-pyrrole nitrogens is 1. The van der Waals surface area contributed by atoms with E-state index in [0.717, 1.165) is 16.6 Å². The molecule has 0 aliphatic rings. The fourth-order valence-electron chi connectivity index (χ4n) is 3.09. The number of rotatable bonds is 5. The van der Waals surface area contributed by atoms with Crippen LogP contribution in [0.4, 0.5) is 5.82 Å². The molecule has 0 saturated heterocycles. The van der Waals surface area contributed by atoms with Crippen LogP contribution < -0.4 is 5.32 Å². The summed E-state index contributed by atoms with van der Waals surface area (Å²) in [6.45, 7) is 0.0856. The number of carbonyl (C=O) groups is 1. The standard InChI is InChI=1S/C20H17N7O2/c1-26-18(8-9-21-26)25-19(28)12-27-11-13(10-22-27)16-6-7-17(29-16)20-23-14-4-2-3-5-15(14)24-20/h2-11H,12H2,1H3,(H,23,24)(H,25,28). The van der Waals surface area contributed by atoms with Crippen molar-refractivity contribution in [3.8, 4) is 22.9 Å². The Balaban J connectivity index is 1.32. The molecule has 4 heterocycles. The zero-order chi connectivity index (χ0) is 19.8. The van der Waals surface area contributed by atoms with E-state index in [0.29, 0.717) is 23.2 Å². The first-order chi connectivity index (χ1) is 14.2. The smallest absolute Gasteiger partial charge is 0.247 e. The number of fused-ring (bicyclic) bond motifs is 1. The van der Waals surface area contributed by atoms with E-state index in [1.54, 1.807) is 41.1 Å². The molecule has 0 aliphatic heterocycles. The van der Waals surface area contributed by atoms with Crippen LogP contribution in [0.2, 0.25) is 0 Å². The zero-order valence-corrected chi connectivity index (χ0v) is 15.5. The van der Waals surface area contributed by atoms with Gasteiger partial charge in [-0.25, -0.2) is 4.98 Å². The van der Waals surface area contributed by atoms with E-state index >= 15 is 0 Å². The van der Waals surface area contributed by atoms with E-state index in [4.69, 9.17) is 4.42 Å². The quantitative estimate of drug-likeness (QED) is 0.482. The maximum Gasteiger partial charge on any atom is 0.247 e. The highest BCUT2D eigenvalue weighted by Crippen LogP contribution is 2.28. The van der Waals surface area contributed by atoms with Gasteiger partial charge < -0.3 is 14.7 Å². The average molecular weight is 387 g/mol. The van der Waals surface area contributed by atoms with Crippen molar-refractivity contribution < 1.29 is 9.21 Å². The molecule has 144 valence electrons. The summed E-state index contributed by atoms with van der Waals surface area (Å²) in [5, 5.41) is 11.1. The predicted molar refractivity (Wildman–Crippen MR) is 107 cm³/mol. The number of nitrogens with one attached hydrogen (secondary N) is 2. The number of benzene rings is 1. The summed E-state index contributed by atoms with van der Waals surface area (Å²) in [6, 6.07) is 13.3. The Morgan fingerprint density at radius 1 is 1.14 bits per heavy atom. The van der Waals surface area contributed by atoms with Crippen LogP contribution in [0.1, 0.15) is 0 Å². The number of furan rings is 1. The molecular formula is C20H17N7O2. The number of anilines is 1. The number of aryl methyl sites for hydroxylation is 1. The summed E-state index contributed by atoms with van der Waals surface area (Å²) in [6.07, 6.45) is 5.06. The molecule has 4 aromatic heterocycles. The van der Waals surface area contributed by atoms with Gasteiger partial charge in [0.25, 0.3) is 0 Å². The molecule has 29 heavy (non-hydrogen) atoms. The van der Waals surface area contributed by atoms with E-state index in [1.807, 2.05) is 36.4 Å². The minimum Gasteiger partial charge on any atom is -0.453 e. The monoisotopic (exact) mass is 387 g/mol. The first kappa shape index (κ1) is 17.0. The van der Waals surface area contributed by atoms with Gasteiger partial charge in [-0.15, -0.1) is 0 Å². The zero-order valence-electron chi connectivity index (χ0n) is 15.5. The van der Waals surface area contributed by atoms with Gasteiger partial charge in [0, 0.05) is 19.3 Å². The van der Waals surface area contributed by atoms with Crippen LogP contribution in [-0.4, -0.2) is 35.4 Å². The summed E-state index contributed by atoms with van der Waals surface area (Å²) in [7, 11) is 1.76. The van der Waals surface area contributed by atoms with Crippen molar-refractivity contribution >= 4 is 22.8 Å². The minimum absolute atomic E-state index is 0.0856. The maximum atomic E-state index is 12.2. The first-order valence-corrected chi connectivity index (χ1v) is 9.01. The third-order valence-electron chi connectivity index (χ3n) is 4.54. The maximum absolute atomic E-state index is 12.2. The molecule has 0 radical (unpaired) electrons. The highest BCUT2D eigenvalue weighted by Gasteiger charge is 2.13. The van der Waals surface area contributed by atoms with Crippen molar-refractivity contribution in [3.05, 3.63) is 61.1 Å². The summed E-state index contributed by atoms with van der Waals surface area (Å²) >= 11 is 0. The molecule has 5 aromatic rings. The first-order valence-electron chi connectivity index (χ1n) is 9.01. The van der Waals surface area contributed by atoms with Crippen molar-refractivity contribution in [3.63, 3.8) is 0 Å². The molecule has 9 nitrogen and oxygen atoms in total. The van der Waals surface area contributed by atoms with E-state index < -0.39 is 0 Å². The fraction of sp³-hybridized carbons (Fsp3) is 0.100. The molecular weight excluding hydrogens is 370 g/mol. The lowest BCUT2D eigenvalue weighted by atomic mass is 10.3. The predicted octanol–water partition coefficient (Wildman–Crippen LogP) is 3.06. The van der Waals surface area contributed by atoms with Gasteiger partial charge in [-0.3, -0.25) is 14.2 Å². The Labute approximate surface area is 165 Å².